The number of carbonyl (C=O) groups excluding carboxylic acids is 1. The summed E-state index contributed by atoms with van der Waals surface area (Å²) in [4.78, 5) is 11.5. The average Bonchev–Trinajstić information content (AvgIpc) is 2.69. The minimum absolute atomic E-state index is 0.204. The smallest absolute Gasteiger partial charge is 0.360 e. The van der Waals surface area contributed by atoms with Crippen molar-refractivity contribution in [2.24, 2.45) is 0 Å². The van der Waals surface area contributed by atoms with Crippen LogP contribution < -0.4 is 0 Å². The molecule has 0 bridgehead atoms. The fraction of sp³-hybridized carbons (Fsp3) is 0.667. The monoisotopic (exact) mass is 263 g/mol. The summed E-state index contributed by atoms with van der Waals surface area (Å²) in [6, 6.07) is 0. The summed E-state index contributed by atoms with van der Waals surface area (Å²) in [5.41, 5.74) is 0.840. The van der Waals surface area contributed by atoms with Gasteiger partial charge in [-0.3, -0.25) is 0 Å². The lowest BCUT2D eigenvalue weighted by molar-refractivity contribution is 0.0518. The molecule has 0 spiro atoms. The fourth-order valence-electron chi connectivity index (χ4n) is 1.18. The van der Waals surface area contributed by atoms with E-state index in [1.807, 2.05) is 6.26 Å². The minimum atomic E-state index is -0.464. The Morgan fingerprint density at radius 2 is 2.38 bits per heavy atom. The van der Waals surface area contributed by atoms with E-state index in [0.29, 0.717) is 18.8 Å². The normalized spacial score (nSPS) is 10.4. The predicted octanol–water partition coefficient (Wildman–Crippen LogP) is 1.56. The maximum absolute atomic E-state index is 11.5. The third-order valence-corrected chi connectivity index (χ3v) is 2.78. The van der Waals surface area contributed by atoms with Crippen LogP contribution in [0.3, 0.4) is 0 Å². The number of halogens is 1. The number of ether oxygens (including phenoxy) is 1. The third kappa shape index (κ3) is 3.12. The van der Waals surface area contributed by atoms with E-state index in [2.05, 4.69) is 10.3 Å². The molecule has 90 valence electrons. The van der Waals surface area contributed by atoms with Crippen molar-refractivity contribution in [2.75, 3.05) is 18.6 Å². The molecular weight excluding hydrogens is 250 g/mol. The Kier molecular flexibility index (Phi) is 5.62. The number of hydrogen-bond donors (Lipinski definition) is 0. The van der Waals surface area contributed by atoms with Crippen molar-refractivity contribution < 1.29 is 9.53 Å². The molecule has 5 nitrogen and oxygen atoms in total. The fourth-order valence-corrected chi connectivity index (χ4v) is 1.80. The van der Waals surface area contributed by atoms with Crippen LogP contribution in [-0.2, 0) is 17.2 Å². The largest absolute Gasteiger partial charge is 0.461 e. The van der Waals surface area contributed by atoms with Crippen molar-refractivity contribution in [1.82, 2.24) is 15.0 Å². The first-order chi connectivity index (χ1) is 7.74. The molecular formula is C9H14ClN3O2S. The van der Waals surface area contributed by atoms with Crippen molar-refractivity contribution in [3.63, 3.8) is 0 Å². The van der Waals surface area contributed by atoms with Gasteiger partial charge in [-0.15, -0.1) is 16.7 Å². The molecule has 0 saturated carbocycles. The molecule has 0 N–H and O–H groups in total. The number of carbonyl (C=O) groups is 1. The van der Waals surface area contributed by atoms with E-state index in [0.717, 1.165) is 5.75 Å². The van der Waals surface area contributed by atoms with Crippen LogP contribution in [-0.4, -0.2) is 39.6 Å². The molecule has 1 aromatic rings. The van der Waals surface area contributed by atoms with Gasteiger partial charge in [0, 0.05) is 5.75 Å². The van der Waals surface area contributed by atoms with Gasteiger partial charge in [-0.1, -0.05) is 5.21 Å². The number of rotatable bonds is 6. The summed E-state index contributed by atoms with van der Waals surface area (Å²) < 4.78 is 6.52. The lowest BCUT2D eigenvalue weighted by atomic mass is 10.3. The van der Waals surface area contributed by atoms with Gasteiger partial charge in [0.1, 0.15) is 0 Å². The first-order valence-electron chi connectivity index (χ1n) is 4.89. The highest BCUT2D eigenvalue weighted by Gasteiger charge is 2.19. The Morgan fingerprint density at radius 1 is 1.62 bits per heavy atom. The maximum Gasteiger partial charge on any atom is 0.360 e. The van der Waals surface area contributed by atoms with E-state index < -0.39 is 5.97 Å². The zero-order chi connectivity index (χ0) is 12.0. The SMILES string of the molecule is CCOC(=O)c1nnn(CCSC)c1CCl. The molecule has 0 unspecified atom stereocenters. The molecule has 0 fully saturated rings. The molecule has 0 atom stereocenters. The molecule has 1 rings (SSSR count). The van der Waals surface area contributed by atoms with Crippen LogP contribution in [0.1, 0.15) is 23.1 Å². The molecule has 0 radical (unpaired) electrons. The van der Waals surface area contributed by atoms with Gasteiger partial charge in [0.25, 0.3) is 0 Å². The van der Waals surface area contributed by atoms with Gasteiger partial charge < -0.3 is 4.74 Å². The molecule has 16 heavy (non-hydrogen) atoms. The van der Waals surface area contributed by atoms with E-state index in [9.17, 15) is 4.79 Å². The number of nitrogens with zero attached hydrogens (tertiary/aromatic N) is 3. The quantitative estimate of drug-likeness (QED) is 0.576. The van der Waals surface area contributed by atoms with E-state index in [1.54, 1.807) is 23.4 Å². The first-order valence-corrected chi connectivity index (χ1v) is 6.81. The third-order valence-electron chi connectivity index (χ3n) is 1.94. The molecule has 0 aromatic carbocycles. The van der Waals surface area contributed by atoms with Gasteiger partial charge in [-0.2, -0.15) is 11.8 Å². The second-order valence-corrected chi connectivity index (χ2v) is 4.21. The lowest BCUT2D eigenvalue weighted by Crippen LogP contribution is -2.10. The van der Waals surface area contributed by atoms with Crippen LogP contribution >= 0.6 is 23.4 Å². The van der Waals surface area contributed by atoms with Gasteiger partial charge in [0.15, 0.2) is 5.69 Å². The van der Waals surface area contributed by atoms with Crippen molar-refractivity contribution in [2.45, 2.75) is 19.3 Å². The Labute approximate surface area is 103 Å². The van der Waals surface area contributed by atoms with Crippen LogP contribution in [0.2, 0.25) is 0 Å². The zero-order valence-electron chi connectivity index (χ0n) is 9.27. The average molecular weight is 264 g/mol. The number of aromatic nitrogens is 3. The second-order valence-electron chi connectivity index (χ2n) is 2.95. The minimum Gasteiger partial charge on any atom is -0.461 e. The summed E-state index contributed by atoms with van der Waals surface area (Å²) >= 11 is 7.48. The van der Waals surface area contributed by atoms with Crippen LogP contribution in [0.4, 0.5) is 0 Å². The number of thioether (sulfide) groups is 1. The van der Waals surface area contributed by atoms with Crippen LogP contribution in [0, 0.1) is 0 Å². The Hall–Kier alpha value is -0.750. The maximum atomic E-state index is 11.5. The van der Waals surface area contributed by atoms with E-state index >= 15 is 0 Å². The van der Waals surface area contributed by atoms with E-state index in [4.69, 9.17) is 16.3 Å². The van der Waals surface area contributed by atoms with Gasteiger partial charge in [-0.05, 0) is 13.2 Å². The molecule has 1 aromatic heterocycles. The molecule has 0 aliphatic carbocycles. The highest BCUT2D eigenvalue weighted by atomic mass is 35.5. The van der Waals surface area contributed by atoms with Gasteiger partial charge in [0.2, 0.25) is 0 Å². The number of aryl methyl sites for hydroxylation is 1. The number of hydrogen-bond acceptors (Lipinski definition) is 5. The van der Waals surface area contributed by atoms with E-state index in [-0.39, 0.29) is 11.6 Å². The Balaban J connectivity index is 2.85. The summed E-state index contributed by atoms with van der Waals surface area (Å²) in [5.74, 6) is 0.638. The van der Waals surface area contributed by atoms with E-state index in [1.165, 1.54) is 0 Å². The molecule has 0 aliphatic heterocycles. The van der Waals surface area contributed by atoms with Gasteiger partial charge in [0.05, 0.1) is 24.7 Å². The summed E-state index contributed by atoms with van der Waals surface area (Å²) in [6.07, 6.45) is 2.00. The van der Waals surface area contributed by atoms with Crippen molar-refractivity contribution in [1.29, 1.82) is 0 Å². The van der Waals surface area contributed by atoms with Crippen LogP contribution in [0.25, 0.3) is 0 Å². The molecule has 0 aliphatic rings. The van der Waals surface area contributed by atoms with Crippen LogP contribution in [0.5, 0.6) is 0 Å². The molecule has 0 amide bonds. The predicted molar refractivity (Wildman–Crippen MR) is 63.9 cm³/mol. The van der Waals surface area contributed by atoms with Crippen molar-refractivity contribution in [3.05, 3.63) is 11.4 Å². The van der Waals surface area contributed by atoms with Gasteiger partial charge >= 0.3 is 5.97 Å². The summed E-state index contributed by atoms with van der Waals surface area (Å²) in [6.45, 7) is 2.75. The highest BCUT2D eigenvalue weighted by Crippen LogP contribution is 2.11. The number of esters is 1. The first kappa shape index (κ1) is 13.3. The van der Waals surface area contributed by atoms with Crippen molar-refractivity contribution >= 4 is 29.3 Å². The molecule has 0 saturated heterocycles. The Morgan fingerprint density at radius 3 is 2.94 bits per heavy atom. The molecule has 1 heterocycles. The summed E-state index contributed by atoms with van der Waals surface area (Å²) in [7, 11) is 0. The Bertz CT molecular complexity index is 357. The second kappa shape index (κ2) is 6.75. The zero-order valence-corrected chi connectivity index (χ0v) is 10.8. The standard InChI is InChI=1S/C9H14ClN3O2S/c1-3-15-9(14)8-7(6-10)13(12-11-8)4-5-16-2/h3-6H2,1-2H3. The van der Waals surface area contributed by atoms with Gasteiger partial charge in [-0.25, -0.2) is 9.48 Å². The number of alkyl halides is 1. The summed E-state index contributed by atoms with van der Waals surface area (Å²) in [5, 5.41) is 7.70. The van der Waals surface area contributed by atoms with Crippen molar-refractivity contribution in [3.8, 4) is 0 Å². The lowest BCUT2D eigenvalue weighted by Gasteiger charge is -2.03. The molecule has 7 heteroatoms. The van der Waals surface area contributed by atoms with Crippen LogP contribution in [0.15, 0.2) is 0 Å². The topological polar surface area (TPSA) is 57.0 Å². The highest BCUT2D eigenvalue weighted by molar-refractivity contribution is 7.98.